The zero-order valence-corrected chi connectivity index (χ0v) is 8.91. The predicted octanol–water partition coefficient (Wildman–Crippen LogP) is 0.380. The molecule has 2 heterocycles. The lowest BCUT2D eigenvalue weighted by atomic mass is 9.80. The van der Waals surface area contributed by atoms with Gasteiger partial charge in [-0.15, -0.1) is 0 Å². The molecule has 1 aromatic rings. The summed E-state index contributed by atoms with van der Waals surface area (Å²) in [4.78, 5) is 0. The van der Waals surface area contributed by atoms with Crippen LogP contribution in [0.5, 0.6) is 0 Å². The van der Waals surface area contributed by atoms with E-state index in [1.807, 2.05) is 27.1 Å². The van der Waals surface area contributed by atoms with E-state index in [9.17, 15) is 5.11 Å². The van der Waals surface area contributed by atoms with E-state index in [0.717, 1.165) is 18.5 Å². The van der Waals surface area contributed by atoms with Crippen LogP contribution in [-0.4, -0.2) is 27.0 Å². The number of nitrogens with one attached hydrogen (secondary N) is 1. The minimum absolute atomic E-state index is 0.282. The van der Waals surface area contributed by atoms with Gasteiger partial charge in [-0.25, -0.2) is 0 Å². The van der Waals surface area contributed by atoms with Crippen LogP contribution in [0, 0.1) is 0 Å². The van der Waals surface area contributed by atoms with Gasteiger partial charge in [-0.2, -0.15) is 5.10 Å². The fraction of sp³-hybridized carbons (Fsp3) is 0.700. The summed E-state index contributed by atoms with van der Waals surface area (Å²) < 4.78 is 1.72. The van der Waals surface area contributed by atoms with Crippen molar-refractivity contribution < 1.29 is 5.11 Å². The van der Waals surface area contributed by atoms with Gasteiger partial charge in [0.15, 0.2) is 0 Å². The summed E-state index contributed by atoms with van der Waals surface area (Å²) in [7, 11) is 1.86. The molecule has 2 N–H and O–H groups in total. The molecule has 0 aliphatic carbocycles. The van der Waals surface area contributed by atoms with E-state index in [1.165, 1.54) is 0 Å². The molecule has 0 saturated carbocycles. The Hall–Kier alpha value is -0.870. The van der Waals surface area contributed by atoms with Crippen molar-refractivity contribution >= 4 is 0 Å². The van der Waals surface area contributed by atoms with Gasteiger partial charge in [-0.1, -0.05) is 0 Å². The summed E-state index contributed by atoms with van der Waals surface area (Å²) in [6, 6.07) is 0. The average Bonchev–Trinajstić information content (AvgIpc) is 2.60. The molecule has 0 aromatic carbocycles. The molecule has 1 atom stereocenters. The molecule has 0 amide bonds. The number of hydrogen-bond acceptors (Lipinski definition) is 3. The summed E-state index contributed by atoms with van der Waals surface area (Å²) in [5.41, 5.74) is -0.174. The largest absolute Gasteiger partial charge is 0.383 e. The van der Waals surface area contributed by atoms with Crippen molar-refractivity contribution in [3.63, 3.8) is 0 Å². The molecule has 1 aliphatic rings. The van der Waals surface area contributed by atoms with Crippen molar-refractivity contribution in [1.82, 2.24) is 15.1 Å². The van der Waals surface area contributed by atoms with Gasteiger partial charge in [0, 0.05) is 24.3 Å². The number of nitrogens with zero attached hydrogens (tertiary/aromatic N) is 2. The van der Waals surface area contributed by atoms with Gasteiger partial charge in [0.1, 0.15) is 5.60 Å². The van der Waals surface area contributed by atoms with Crippen LogP contribution in [0.1, 0.15) is 25.8 Å². The third-order valence-corrected chi connectivity index (χ3v) is 3.27. The minimum atomic E-state index is -0.790. The second kappa shape index (κ2) is 2.81. The molecule has 2 rings (SSSR count). The molecule has 4 heteroatoms. The van der Waals surface area contributed by atoms with E-state index < -0.39 is 5.60 Å². The molecule has 0 bridgehead atoms. The molecule has 0 radical (unpaired) electrons. The Morgan fingerprint density at radius 1 is 1.57 bits per heavy atom. The van der Waals surface area contributed by atoms with E-state index in [0.29, 0.717) is 0 Å². The van der Waals surface area contributed by atoms with Crippen LogP contribution in [0.4, 0.5) is 0 Å². The third-order valence-electron chi connectivity index (χ3n) is 3.27. The maximum absolute atomic E-state index is 10.6. The maximum atomic E-state index is 10.6. The van der Waals surface area contributed by atoms with Crippen LogP contribution < -0.4 is 5.32 Å². The van der Waals surface area contributed by atoms with Crippen LogP contribution in [0.2, 0.25) is 0 Å². The molecule has 1 unspecified atom stereocenters. The van der Waals surface area contributed by atoms with Crippen LogP contribution in [-0.2, 0) is 12.6 Å². The molecule has 14 heavy (non-hydrogen) atoms. The molecule has 1 aliphatic heterocycles. The Balaban J connectivity index is 2.41. The monoisotopic (exact) mass is 195 g/mol. The number of aliphatic hydroxyl groups is 1. The normalized spacial score (nSPS) is 30.9. The van der Waals surface area contributed by atoms with Crippen LogP contribution in [0.3, 0.4) is 0 Å². The lowest BCUT2D eigenvalue weighted by Crippen LogP contribution is -2.49. The first-order chi connectivity index (χ1) is 6.46. The lowest BCUT2D eigenvalue weighted by Gasteiger charge is -2.35. The summed E-state index contributed by atoms with van der Waals surface area (Å²) in [6.45, 7) is 4.89. The van der Waals surface area contributed by atoms with Gasteiger partial charge < -0.3 is 10.4 Å². The highest BCUT2D eigenvalue weighted by Crippen LogP contribution is 2.39. The van der Waals surface area contributed by atoms with Gasteiger partial charge in [0.2, 0.25) is 0 Å². The fourth-order valence-electron chi connectivity index (χ4n) is 2.15. The second-order valence-corrected chi connectivity index (χ2v) is 4.56. The second-order valence-electron chi connectivity index (χ2n) is 4.56. The average molecular weight is 195 g/mol. The van der Waals surface area contributed by atoms with E-state index in [2.05, 4.69) is 10.4 Å². The van der Waals surface area contributed by atoms with Gasteiger partial charge in [0.05, 0.1) is 6.20 Å². The minimum Gasteiger partial charge on any atom is -0.383 e. The maximum Gasteiger partial charge on any atom is 0.111 e. The Morgan fingerprint density at radius 2 is 2.29 bits per heavy atom. The number of aromatic nitrogens is 2. The molecular weight excluding hydrogens is 178 g/mol. The molecule has 1 saturated heterocycles. The SMILES string of the molecule is Cn1cc(C2(O)CCNC2(C)C)cn1. The molecular formula is C10H17N3O. The zero-order chi connectivity index (χ0) is 10.4. The van der Waals surface area contributed by atoms with Crippen LogP contribution >= 0.6 is 0 Å². The third kappa shape index (κ3) is 1.18. The highest BCUT2D eigenvalue weighted by Gasteiger charge is 2.49. The Labute approximate surface area is 83.9 Å². The van der Waals surface area contributed by atoms with Gasteiger partial charge in [-0.05, 0) is 26.8 Å². The van der Waals surface area contributed by atoms with E-state index in [1.54, 1.807) is 10.9 Å². The molecule has 0 spiro atoms. The highest BCUT2D eigenvalue weighted by molar-refractivity contribution is 5.24. The summed E-state index contributed by atoms with van der Waals surface area (Å²) >= 11 is 0. The van der Waals surface area contributed by atoms with E-state index >= 15 is 0 Å². The zero-order valence-electron chi connectivity index (χ0n) is 8.91. The Kier molecular flexibility index (Phi) is 1.94. The van der Waals surface area contributed by atoms with Crippen molar-refractivity contribution in [3.05, 3.63) is 18.0 Å². The molecule has 4 nitrogen and oxygen atoms in total. The van der Waals surface area contributed by atoms with E-state index in [-0.39, 0.29) is 5.54 Å². The van der Waals surface area contributed by atoms with Crippen LogP contribution in [0.15, 0.2) is 12.4 Å². The van der Waals surface area contributed by atoms with Crippen molar-refractivity contribution in [2.24, 2.45) is 7.05 Å². The number of hydrogen-bond donors (Lipinski definition) is 2. The fourth-order valence-corrected chi connectivity index (χ4v) is 2.15. The molecule has 78 valence electrons. The Morgan fingerprint density at radius 3 is 2.71 bits per heavy atom. The first-order valence-corrected chi connectivity index (χ1v) is 4.92. The predicted molar refractivity (Wildman–Crippen MR) is 53.8 cm³/mol. The number of rotatable bonds is 1. The standard InChI is InChI=1S/C10H17N3O/c1-9(2)10(14,4-5-11-9)8-6-12-13(3)7-8/h6-7,11,14H,4-5H2,1-3H3. The van der Waals surface area contributed by atoms with Gasteiger partial charge >= 0.3 is 0 Å². The van der Waals surface area contributed by atoms with Crippen molar-refractivity contribution in [2.75, 3.05) is 6.54 Å². The van der Waals surface area contributed by atoms with Crippen LogP contribution in [0.25, 0.3) is 0 Å². The smallest absolute Gasteiger partial charge is 0.111 e. The molecule has 1 aromatic heterocycles. The first kappa shape index (κ1) is 9.68. The summed E-state index contributed by atoms with van der Waals surface area (Å²) in [5, 5.41) is 18.0. The summed E-state index contributed by atoms with van der Waals surface area (Å²) in [6.07, 6.45) is 4.37. The quantitative estimate of drug-likeness (QED) is 0.681. The summed E-state index contributed by atoms with van der Waals surface area (Å²) in [5.74, 6) is 0. The topological polar surface area (TPSA) is 50.1 Å². The van der Waals surface area contributed by atoms with E-state index in [4.69, 9.17) is 0 Å². The van der Waals surface area contributed by atoms with Crippen molar-refractivity contribution in [2.45, 2.75) is 31.4 Å². The molecule has 1 fully saturated rings. The van der Waals surface area contributed by atoms with Crippen molar-refractivity contribution in [3.8, 4) is 0 Å². The highest BCUT2D eigenvalue weighted by atomic mass is 16.3. The first-order valence-electron chi connectivity index (χ1n) is 4.92. The number of aryl methyl sites for hydroxylation is 1. The van der Waals surface area contributed by atoms with Gasteiger partial charge in [-0.3, -0.25) is 4.68 Å². The van der Waals surface area contributed by atoms with Gasteiger partial charge in [0.25, 0.3) is 0 Å². The van der Waals surface area contributed by atoms with Crippen molar-refractivity contribution in [1.29, 1.82) is 0 Å². The Bertz CT molecular complexity index is 345. The lowest BCUT2D eigenvalue weighted by molar-refractivity contribution is -0.0125.